The summed E-state index contributed by atoms with van der Waals surface area (Å²) >= 11 is 6.16. The van der Waals surface area contributed by atoms with Crippen molar-refractivity contribution in [3.8, 4) is 11.5 Å². The lowest BCUT2D eigenvalue weighted by molar-refractivity contribution is -0.114. The van der Waals surface area contributed by atoms with Crippen molar-refractivity contribution in [2.45, 2.75) is 6.92 Å². The number of halogens is 1. The topological polar surface area (TPSA) is 76.7 Å². The van der Waals surface area contributed by atoms with Crippen LogP contribution in [-0.4, -0.2) is 25.0 Å². The van der Waals surface area contributed by atoms with E-state index in [4.69, 9.17) is 21.1 Å². The molecule has 0 fully saturated rings. The molecule has 30 heavy (non-hydrogen) atoms. The normalized spacial score (nSPS) is 10.2. The summed E-state index contributed by atoms with van der Waals surface area (Å²) in [5, 5.41) is 5.73. The minimum atomic E-state index is -0.335. The molecule has 7 heteroatoms. The van der Waals surface area contributed by atoms with Gasteiger partial charge in [0, 0.05) is 12.6 Å². The van der Waals surface area contributed by atoms with Crippen LogP contribution in [0.15, 0.2) is 72.8 Å². The second kappa shape index (κ2) is 10.3. The van der Waals surface area contributed by atoms with E-state index in [0.717, 1.165) is 5.75 Å². The zero-order valence-electron chi connectivity index (χ0n) is 16.4. The smallest absolute Gasteiger partial charge is 0.259 e. The van der Waals surface area contributed by atoms with Gasteiger partial charge in [-0.05, 0) is 42.5 Å². The fourth-order valence-corrected chi connectivity index (χ4v) is 2.92. The SMILES string of the molecule is CC(=O)Nc1ccc(NC(=O)c2ccccc2OCCOc2ccccc2)cc1Cl. The van der Waals surface area contributed by atoms with E-state index in [1.165, 1.54) is 6.92 Å². The summed E-state index contributed by atoms with van der Waals surface area (Å²) in [6.45, 7) is 2.03. The molecule has 0 aliphatic rings. The molecule has 0 heterocycles. The van der Waals surface area contributed by atoms with Crippen molar-refractivity contribution in [1.82, 2.24) is 0 Å². The van der Waals surface area contributed by atoms with Gasteiger partial charge in [0.1, 0.15) is 24.7 Å². The molecule has 3 rings (SSSR count). The van der Waals surface area contributed by atoms with Gasteiger partial charge in [0.2, 0.25) is 5.91 Å². The molecule has 0 radical (unpaired) electrons. The van der Waals surface area contributed by atoms with E-state index in [2.05, 4.69) is 10.6 Å². The number of ether oxygens (including phenoxy) is 2. The van der Waals surface area contributed by atoms with Crippen LogP contribution in [0, 0.1) is 0 Å². The number of benzene rings is 3. The van der Waals surface area contributed by atoms with Crippen LogP contribution in [-0.2, 0) is 4.79 Å². The minimum absolute atomic E-state index is 0.226. The first kappa shape index (κ1) is 21.2. The largest absolute Gasteiger partial charge is 0.490 e. The summed E-state index contributed by atoms with van der Waals surface area (Å²) in [4.78, 5) is 23.9. The maximum absolute atomic E-state index is 12.7. The van der Waals surface area contributed by atoms with Crippen molar-refractivity contribution in [1.29, 1.82) is 0 Å². The van der Waals surface area contributed by atoms with Gasteiger partial charge in [0.15, 0.2) is 0 Å². The number of carbonyl (C=O) groups excluding carboxylic acids is 2. The Kier molecular flexibility index (Phi) is 7.29. The molecule has 0 atom stereocenters. The van der Waals surface area contributed by atoms with Gasteiger partial charge in [-0.1, -0.05) is 41.9 Å². The third-order valence-corrected chi connectivity index (χ3v) is 4.33. The van der Waals surface area contributed by atoms with E-state index in [0.29, 0.717) is 34.3 Å². The molecule has 0 aliphatic carbocycles. The predicted molar refractivity (Wildman–Crippen MR) is 118 cm³/mol. The van der Waals surface area contributed by atoms with Crippen molar-refractivity contribution >= 4 is 34.8 Å². The molecule has 0 aromatic heterocycles. The lowest BCUT2D eigenvalue weighted by atomic mass is 10.1. The molecule has 6 nitrogen and oxygen atoms in total. The van der Waals surface area contributed by atoms with Crippen LogP contribution in [0.1, 0.15) is 17.3 Å². The van der Waals surface area contributed by atoms with Crippen LogP contribution < -0.4 is 20.1 Å². The number of anilines is 2. The molecule has 3 aromatic rings. The number of para-hydroxylation sites is 2. The second-order valence-corrected chi connectivity index (χ2v) is 6.74. The van der Waals surface area contributed by atoms with Crippen molar-refractivity contribution < 1.29 is 19.1 Å². The van der Waals surface area contributed by atoms with E-state index in [1.807, 2.05) is 30.3 Å². The zero-order chi connectivity index (χ0) is 21.3. The highest BCUT2D eigenvalue weighted by Gasteiger charge is 2.13. The Labute approximate surface area is 179 Å². The van der Waals surface area contributed by atoms with E-state index >= 15 is 0 Å². The number of carbonyl (C=O) groups is 2. The fraction of sp³-hybridized carbons (Fsp3) is 0.130. The number of hydrogen-bond donors (Lipinski definition) is 2. The van der Waals surface area contributed by atoms with Gasteiger partial charge in [-0.2, -0.15) is 0 Å². The predicted octanol–water partition coefficient (Wildman–Crippen LogP) is 5.01. The van der Waals surface area contributed by atoms with E-state index in [1.54, 1.807) is 42.5 Å². The molecular weight excluding hydrogens is 404 g/mol. The summed E-state index contributed by atoms with van der Waals surface area (Å²) in [5.41, 5.74) is 1.37. The first-order valence-corrected chi connectivity index (χ1v) is 9.69. The van der Waals surface area contributed by atoms with Gasteiger partial charge in [-0.15, -0.1) is 0 Å². The summed E-state index contributed by atoms with van der Waals surface area (Å²) in [6, 6.07) is 21.2. The Morgan fingerprint density at radius 2 is 1.57 bits per heavy atom. The van der Waals surface area contributed by atoms with Crippen molar-refractivity contribution in [2.24, 2.45) is 0 Å². The molecule has 0 saturated carbocycles. The highest BCUT2D eigenvalue weighted by molar-refractivity contribution is 6.34. The highest BCUT2D eigenvalue weighted by atomic mass is 35.5. The average Bonchev–Trinajstić information content (AvgIpc) is 2.74. The van der Waals surface area contributed by atoms with Gasteiger partial charge in [0.05, 0.1) is 16.3 Å². The van der Waals surface area contributed by atoms with Crippen LogP contribution >= 0.6 is 11.6 Å². The molecule has 0 bridgehead atoms. The van der Waals surface area contributed by atoms with E-state index in [9.17, 15) is 9.59 Å². The van der Waals surface area contributed by atoms with E-state index < -0.39 is 0 Å². The average molecular weight is 425 g/mol. The van der Waals surface area contributed by atoms with Gasteiger partial charge >= 0.3 is 0 Å². The molecule has 3 aromatic carbocycles. The summed E-state index contributed by atoms with van der Waals surface area (Å²) in [6.07, 6.45) is 0. The number of hydrogen-bond acceptors (Lipinski definition) is 4. The van der Waals surface area contributed by atoms with Gasteiger partial charge in [-0.3, -0.25) is 9.59 Å². The second-order valence-electron chi connectivity index (χ2n) is 6.34. The van der Waals surface area contributed by atoms with Gasteiger partial charge < -0.3 is 20.1 Å². The minimum Gasteiger partial charge on any atom is -0.490 e. The Morgan fingerprint density at radius 3 is 2.30 bits per heavy atom. The molecule has 2 N–H and O–H groups in total. The maximum atomic E-state index is 12.7. The third-order valence-electron chi connectivity index (χ3n) is 4.02. The number of nitrogens with one attached hydrogen (secondary N) is 2. The van der Waals surface area contributed by atoms with Crippen LogP contribution in [0.3, 0.4) is 0 Å². The number of amides is 2. The summed E-state index contributed by atoms with van der Waals surface area (Å²) in [7, 11) is 0. The standard InChI is InChI=1S/C23H21ClN2O4/c1-16(27)25-21-12-11-17(15-20(21)24)26-23(28)19-9-5-6-10-22(19)30-14-13-29-18-7-3-2-4-8-18/h2-12,15H,13-14H2,1H3,(H,25,27)(H,26,28). The van der Waals surface area contributed by atoms with Crippen LogP contribution in [0.5, 0.6) is 11.5 Å². The van der Waals surface area contributed by atoms with Crippen molar-refractivity contribution in [2.75, 3.05) is 23.8 Å². The Bertz CT molecular complexity index is 1020. The monoisotopic (exact) mass is 424 g/mol. The molecule has 0 spiro atoms. The molecule has 154 valence electrons. The zero-order valence-corrected chi connectivity index (χ0v) is 17.1. The molecular formula is C23H21ClN2O4. The summed E-state index contributed by atoms with van der Waals surface area (Å²) in [5.74, 6) is 0.647. The maximum Gasteiger partial charge on any atom is 0.259 e. The Morgan fingerprint density at radius 1 is 0.867 bits per heavy atom. The quantitative estimate of drug-likeness (QED) is 0.498. The Hall–Kier alpha value is -3.51. The lowest BCUT2D eigenvalue weighted by Crippen LogP contribution is -2.16. The van der Waals surface area contributed by atoms with Crippen LogP contribution in [0.25, 0.3) is 0 Å². The summed E-state index contributed by atoms with van der Waals surface area (Å²) < 4.78 is 11.4. The van der Waals surface area contributed by atoms with Crippen molar-refractivity contribution in [3.63, 3.8) is 0 Å². The molecule has 0 saturated heterocycles. The fourth-order valence-electron chi connectivity index (χ4n) is 2.69. The van der Waals surface area contributed by atoms with Crippen molar-refractivity contribution in [3.05, 3.63) is 83.4 Å². The van der Waals surface area contributed by atoms with Gasteiger partial charge in [0.25, 0.3) is 5.91 Å². The first-order valence-electron chi connectivity index (χ1n) is 9.31. The molecule has 0 aliphatic heterocycles. The lowest BCUT2D eigenvalue weighted by Gasteiger charge is -2.13. The first-order chi connectivity index (χ1) is 14.5. The number of rotatable bonds is 8. The molecule has 2 amide bonds. The molecule has 0 unspecified atom stereocenters. The van der Waals surface area contributed by atoms with Crippen LogP contribution in [0.4, 0.5) is 11.4 Å². The van der Waals surface area contributed by atoms with E-state index in [-0.39, 0.29) is 18.4 Å². The highest BCUT2D eigenvalue weighted by Crippen LogP contribution is 2.26. The van der Waals surface area contributed by atoms with Crippen LogP contribution in [0.2, 0.25) is 5.02 Å². The third kappa shape index (κ3) is 5.99. The Balaban J connectivity index is 1.61. The van der Waals surface area contributed by atoms with Gasteiger partial charge in [-0.25, -0.2) is 0 Å².